The Bertz CT molecular complexity index is 578. The summed E-state index contributed by atoms with van der Waals surface area (Å²) in [6, 6.07) is 10.1. The first kappa shape index (κ1) is 14.3. The summed E-state index contributed by atoms with van der Waals surface area (Å²) in [5, 5.41) is 18.0. The summed E-state index contributed by atoms with van der Waals surface area (Å²) in [5.41, 5.74) is 2.98. The summed E-state index contributed by atoms with van der Waals surface area (Å²) in [6.07, 6.45) is 4.78. The minimum Gasteiger partial charge on any atom is -0.388 e. The predicted octanol–water partition coefficient (Wildman–Crippen LogP) is 4.18. The molecule has 1 aromatic heterocycles. The Kier molecular flexibility index (Phi) is 4.11. The van der Waals surface area contributed by atoms with Gasteiger partial charge in [0.1, 0.15) is 0 Å². The number of aliphatic hydroxyl groups excluding tert-OH is 1. The Hall–Kier alpha value is -1.61. The largest absolute Gasteiger partial charge is 0.388 e. The monoisotopic (exact) mass is 284 g/mol. The molecule has 3 rings (SSSR count). The van der Waals surface area contributed by atoms with Crippen LogP contribution in [0.15, 0.2) is 36.5 Å². The SMILES string of the molecule is CC1CCC(C(O)c2cn[nH]c2-c2ccccc2)CC1C. The molecule has 112 valence electrons. The summed E-state index contributed by atoms with van der Waals surface area (Å²) in [4.78, 5) is 0. The number of nitrogens with zero attached hydrogens (tertiary/aromatic N) is 1. The summed E-state index contributed by atoms with van der Waals surface area (Å²) >= 11 is 0. The fraction of sp³-hybridized carbons (Fsp3) is 0.500. The standard InChI is InChI=1S/C18H24N2O/c1-12-8-9-15(10-13(12)2)18(21)16-11-19-20-17(16)14-6-4-3-5-7-14/h3-7,11-13,15,18,21H,8-10H2,1-2H3,(H,19,20). The predicted molar refractivity (Wildman–Crippen MR) is 84.7 cm³/mol. The van der Waals surface area contributed by atoms with Crippen molar-refractivity contribution in [1.82, 2.24) is 10.2 Å². The summed E-state index contributed by atoms with van der Waals surface area (Å²) < 4.78 is 0. The molecule has 1 aliphatic carbocycles. The van der Waals surface area contributed by atoms with Gasteiger partial charge < -0.3 is 5.11 Å². The van der Waals surface area contributed by atoms with Crippen molar-refractivity contribution < 1.29 is 5.11 Å². The number of aromatic amines is 1. The fourth-order valence-corrected chi connectivity index (χ4v) is 3.49. The van der Waals surface area contributed by atoms with Crippen molar-refractivity contribution in [3.63, 3.8) is 0 Å². The number of aliphatic hydroxyl groups is 1. The Balaban J connectivity index is 1.83. The van der Waals surface area contributed by atoms with Crippen molar-refractivity contribution in [1.29, 1.82) is 0 Å². The first-order valence-electron chi connectivity index (χ1n) is 7.93. The van der Waals surface area contributed by atoms with Gasteiger partial charge in [-0.25, -0.2) is 0 Å². The fourth-order valence-electron chi connectivity index (χ4n) is 3.49. The van der Waals surface area contributed by atoms with Gasteiger partial charge in [-0.1, -0.05) is 50.6 Å². The lowest BCUT2D eigenvalue weighted by atomic mass is 9.73. The maximum absolute atomic E-state index is 10.8. The second-order valence-electron chi connectivity index (χ2n) is 6.54. The smallest absolute Gasteiger partial charge is 0.0854 e. The van der Waals surface area contributed by atoms with Crippen molar-refractivity contribution in [3.8, 4) is 11.3 Å². The molecule has 1 heterocycles. The van der Waals surface area contributed by atoms with E-state index in [1.54, 1.807) is 6.20 Å². The molecule has 2 aromatic rings. The number of hydrogen-bond donors (Lipinski definition) is 2. The Morgan fingerprint density at radius 1 is 1.14 bits per heavy atom. The van der Waals surface area contributed by atoms with Crippen LogP contribution in [-0.4, -0.2) is 15.3 Å². The number of nitrogens with one attached hydrogen (secondary N) is 1. The second kappa shape index (κ2) is 6.02. The molecular weight excluding hydrogens is 260 g/mol. The Morgan fingerprint density at radius 3 is 2.62 bits per heavy atom. The molecule has 0 amide bonds. The lowest BCUT2D eigenvalue weighted by Gasteiger charge is -2.34. The van der Waals surface area contributed by atoms with Crippen LogP contribution in [0.25, 0.3) is 11.3 Å². The van der Waals surface area contributed by atoms with E-state index < -0.39 is 6.10 Å². The van der Waals surface area contributed by atoms with Crippen LogP contribution in [-0.2, 0) is 0 Å². The first-order valence-corrected chi connectivity index (χ1v) is 7.93. The lowest BCUT2D eigenvalue weighted by Crippen LogP contribution is -2.25. The van der Waals surface area contributed by atoms with Crippen molar-refractivity contribution in [2.24, 2.45) is 17.8 Å². The van der Waals surface area contributed by atoms with Crippen LogP contribution >= 0.6 is 0 Å². The first-order chi connectivity index (χ1) is 10.2. The van der Waals surface area contributed by atoms with Gasteiger partial charge in [-0.3, -0.25) is 5.10 Å². The highest BCUT2D eigenvalue weighted by molar-refractivity contribution is 5.62. The van der Waals surface area contributed by atoms with Gasteiger partial charge in [-0.05, 0) is 36.2 Å². The molecule has 0 saturated heterocycles. The van der Waals surface area contributed by atoms with E-state index in [-0.39, 0.29) is 0 Å². The van der Waals surface area contributed by atoms with Crippen molar-refractivity contribution in [3.05, 3.63) is 42.1 Å². The zero-order valence-electron chi connectivity index (χ0n) is 12.8. The lowest BCUT2D eigenvalue weighted by molar-refractivity contribution is 0.0565. The van der Waals surface area contributed by atoms with Gasteiger partial charge in [0, 0.05) is 5.56 Å². The quantitative estimate of drug-likeness (QED) is 0.888. The highest BCUT2D eigenvalue weighted by atomic mass is 16.3. The van der Waals surface area contributed by atoms with Gasteiger partial charge in [-0.15, -0.1) is 0 Å². The number of rotatable bonds is 3. The third kappa shape index (κ3) is 2.88. The minimum absolute atomic E-state index is 0.344. The van der Waals surface area contributed by atoms with E-state index >= 15 is 0 Å². The van der Waals surface area contributed by atoms with E-state index in [4.69, 9.17) is 0 Å². The Morgan fingerprint density at radius 2 is 1.90 bits per heavy atom. The topological polar surface area (TPSA) is 48.9 Å². The molecule has 21 heavy (non-hydrogen) atoms. The molecule has 0 spiro atoms. The summed E-state index contributed by atoms with van der Waals surface area (Å²) in [5.74, 6) is 1.80. The number of hydrogen-bond acceptors (Lipinski definition) is 2. The maximum Gasteiger partial charge on any atom is 0.0854 e. The van der Waals surface area contributed by atoms with Gasteiger partial charge in [0.05, 0.1) is 18.0 Å². The Labute approximate surface area is 126 Å². The van der Waals surface area contributed by atoms with E-state index in [0.717, 1.165) is 35.6 Å². The molecule has 0 bridgehead atoms. The van der Waals surface area contributed by atoms with Crippen LogP contribution in [0.5, 0.6) is 0 Å². The van der Waals surface area contributed by atoms with E-state index in [1.807, 2.05) is 18.2 Å². The van der Waals surface area contributed by atoms with E-state index in [1.165, 1.54) is 6.42 Å². The molecule has 3 nitrogen and oxygen atoms in total. The second-order valence-corrected chi connectivity index (χ2v) is 6.54. The summed E-state index contributed by atoms with van der Waals surface area (Å²) in [7, 11) is 0. The highest BCUT2D eigenvalue weighted by Crippen LogP contribution is 2.41. The minimum atomic E-state index is -0.422. The van der Waals surface area contributed by atoms with Crippen molar-refractivity contribution >= 4 is 0 Å². The molecule has 1 aliphatic rings. The van der Waals surface area contributed by atoms with Crippen LogP contribution in [0.3, 0.4) is 0 Å². The zero-order valence-corrected chi connectivity index (χ0v) is 12.8. The van der Waals surface area contributed by atoms with Crippen LogP contribution in [0, 0.1) is 17.8 Å². The molecule has 0 radical (unpaired) electrons. The van der Waals surface area contributed by atoms with Gasteiger partial charge >= 0.3 is 0 Å². The number of aromatic nitrogens is 2. The number of H-pyrrole nitrogens is 1. The molecule has 4 unspecified atom stereocenters. The normalized spacial score (nSPS) is 27.5. The molecule has 0 aliphatic heterocycles. The van der Waals surface area contributed by atoms with Gasteiger partial charge in [0.15, 0.2) is 0 Å². The molecule has 3 heteroatoms. The van der Waals surface area contributed by atoms with Gasteiger partial charge in [-0.2, -0.15) is 5.10 Å². The molecule has 4 atom stereocenters. The van der Waals surface area contributed by atoms with E-state index in [2.05, 4.69) is 36.2 Å². The van der Waals surface area contributed by atoms with E-state index in [9.17, 15) is 5.11 Å². The highest BCUT2D eigenvalue weighted by Gasteiger charge is 2.31. The molecule has 1 fully saturated rings. The van der Waals surface area contributed by atoms with Gasteiger partial charge in [0.25, 0.3) is 0 Å². The van der Waals surface area contributed by atoms with E-state index in [0.29, 0.717) is 11.8 Å². The average Bonchev–Trinajstić information content (AvgIpc) is 2.99. The maximum atomic E-state index is 10.8. The van der Waals surface area contributed by atoms with Crippen LogP contribution in [0.2, 0.25) is 0 Å². The molecular formula is C18H24N2O. The van der Waals surface area contributed by atoms with Crippen LogP contribution in [0.4, 0.5) is 0 Å². The third-order valence-electron chi connectivity index (χ3n) is 5.14. The summed E-state index contributed by atoms with van der Waals surface area (Å²) in [6.45, 7) is 4.62. The third-order valence-corrected chi connectivity index (χ3v) is 5.14. The van der Waals surface area contributed by atoms with Gasteiger partial charge in [0.2, 0.25) is 0 Å². The van der Waals surface area contributed by atoms with Crippen molar-refractivity contribution in [2.45, 2.75) is 39.2 Å². The average molecular weight is 284 g/mol. The van der Waals surface area contributed by atoms with Crippen LogP contribution < -0.4 is 0 Å². The van der Waals surface area contributed by atoms with Crippen LogP contribution in [0.1, 0.15) is 44.8 Å². The zero-order chi connectivity index (χ0) is 14.8. The van der Waals surface area contributed by atoms with Crippen molar-refractivity contribution in [2.75, 3.05) is 0 Å². The molecule has 2 N–H and O–H groups in total. The molecule has 1 saturated carbocycles. The number of benzene rings is 1. The molecule has 1 aromatic carbocycles.